The topological polar surface area (TPSA) is 43.8 Å². The lowest BCUT2D eigenvalue weighted by Crippen LogP contribution is -2.13. The maximum atomic E-state index is 5.88. The fourth-order valence-corrected chi connectivity index (χ4v) is 1.44. The fourth-order valence-electron chi connectivity index (χ4n) is 1.09. The van der Waals surface area contributed by atoms with Crippen LogP contribution in [0.2, 0.25) is 5.02 Å². The van der Waals surface area contributed by atoms with Gasteiger partial charge in [0.05, 0.1) is 16.9 Å². The molecule has 1 rings (SSSR count). The maximum absolute atomic E-state index is 5.88. The van der Waals surface area contributed by atoms with Gasteiger partial charge < -0.3 is 5.73 Å². The summed E-state index contributed by atoms with van der Waals surface area (Å²) >= 11 is 5.88. The quantitative estimate of drug-likeness (QED) is 0.729. The fraction of sp³-hybridized carbons (Fsp3) is 0.571. The van der Waals surface area contributed by atoms with Gasteiger partial charge in [-0.05, 0) is 0 Å². The Balaban J connectivity index is 3.00. The third-order valence-corrected chi connectivity index (χ3v) is 2.05. The lowest BCUT2D eigenvalue weighted by molar-refractivity contribution is 0.644. The largest absolute Gasteiger partial charge is 0.330 e. The molecule has 1 aromatic rings. The van der Waals surface area contributed by atoms with Crippen molar-refractivity contribution in [2.75, 3.05) is 6.54 Å². The molecule has 0 aliphatic rings. The molecule has 0 radical (unpaired) electrons. The lowest BCUT2D eigenvalue weighted by atomic mass is 10.1. The van der Waals surface area contributed by atoms with Gasteiger partial charge in [0.1, 0.15) is 0 Å². The van der Waals surface area contributed by atoms with Gasteiger partial charge in [-0.2, -0.15) is 5.10 Å². The molecule has 0 amide bonds. The lowest BCUT2D eigenvalue weighted by Gasteiger charge is -2.08. The monoisotopic (exact) mass is 173 g/mol. The highest BCUT2D eigenvalue weighted by Gasteiger charge is 2.12. The number of halogens is 1. The smallest absolute Gasteiger partial charge is 0.0820 e. The van der Waals surface area contributed by atoms with E-state index in [0.29, 0.717) is 11.6 Å². The molecule has 0 fully saturated rings. The van der Waals surface area contributed by atoms with Crippen LogP contribution in [0.3, 0.4) is 0 Å². The molecule has 0 spiro atoms. The minimum atomic E-state index is 0.273. The predicted octanol–water partition coefficient (Wildman–Crippen LogP) is 1.14. The van der Waals surface area contributed by atoms with Crippen LogP contribution in [0.1, 0.15) is 18.5 Å². The van der Waals surface area contributed by atoms with Crippen LogP contribution in [0.15, 0.2) is 6.20 Å². The average molecular weight is 174 g/mol. The number of nitrogens with two attached hydrogens (primary N) is 1. The summed E-state index contributed by atoms with van der Waals surface area (Å²) < 4.78 is 1.76. The predicted molar refractivity (Wildman–Crippen MR) is 45.7 cm³/mol. The summed E-state index contributed by atoms with van der Waals surface area (Å²) in [5.74, 6) is 0.273. The second kappa shape index (κ2) is 3.24. The Labute approximate surface area is 71.1 Å². The van der Waals surface area contributed by atoms with Crippen molar-refractivity contribution in [2.24, 2.45) is 12.8 Å². The molecule has 0 bridgehead atoms. The minimum Gasteiger partial charge on any atom is -0.330 e. The van der Waals surface area contributed by atoms with E-state index >= 15 is 0 Å². The first-order chi connectivity index (χ1) is 5.16. The molecule has 0 aromatic carbocycles. The highest BCUT2D eigenvalue weighted by molar-refractivity contribution is 6.31. The summed E-state index contributed by atoms with van der Waals surface area (Å²) in [5, 5.41) is 4.71. The Kier molecular flexibility index (Phi) is 2.52. The van der Waals surface area contributed by atoms with Crippen molar-refractivity contribution in [3.05, 3.63) is 16.9 Å². The molecule has 1 aromatic heterocycles. The molecule has 0 aliphatic carbocycles. The van der Waals surface area contributed by atoms with Gasteiger partial charge in [-0.15, -0.1) is 0 Å². The molecule has 3 nitrogen and oxygen atoms in total. The number of rotatable bonds is 2. The summed E-state index contributed by atoms with van der Waals surface area (Å²) in [7, 11) is 1.87. The van der Waals surface area contributed by atoms with Crippen molar-refractivity contribution in [1.82, 2.24) is 9.78 Å². The van der Waals surface area contributed by atoms with Crippen LogP contribution < -0.4 is 5.73 Å². The summed E-state index contributed by atoms with van der Waals surface area (Å²) in [6, 6.07) is 0. The zero-order valence-corrected chi connectivity index (χ0v) is 7.47. The van der Waals surface area contributed by atoms with Crippen molar-refractivity contribution in [3.63, 3.8) is 0 Å². The third kappa shape index (κ3) is 1.54. The Morgan fingerprint density at radius 2 is 2.45 bits per heavy atom. The van der Waals surface area contributed by atoms with Crippen molar-refractivity contribution in [2.45, 2.75) is 12.8 Å². The van der Waals surface area contributed by atoms with E-state index in [2.05, 4.69) is 5.10 Å². The molecule has 0 aliphatic heterocycles. The molecule has 11 heavy (non-hydrogen) atoms. The van der Waals surface area contributed by atoms with E-state index in [9.17, 15) is 0 Å². The molecular weight excluding hydrogens is 162 g/mol. The van der Waals surface area contributed by atoms with E-state index in [1.165, 1.54) is 0 Å². The number of hydrogen-bond donors (Lipinski definition) is 1. The maximum Gasteiger partial charge on any atom is 0.0820 e. The van der Waals surface area contributed by atoms with Gasteiger partial charge in [0, 0.05) is 19.5 Å². The summed E-state index contributed by atoms with van der Waals surface area (Å²) in [6.07, 6.45) is 1.64. The van der Waals surface area contributed by atoms with Crippen LogP contribution in [0, 0.1) is 0 Å². The van der Waals surface area contributed by atoms with E-state index < -0.39 is 0 Å². The Morgan fingerprint density at radius 3 is 2.82 bits per heavy atom. The van der Waals surface area contributed by atoms with Crippen molar-refractivity contribution in [3.8, 4) is 0 Å². The zero-order valence-electron chi connectivity index (χ0n) is 6.71. The number of aromatic nitrogens is 2. The molecule has 1 atom stereocenters. The number of nitrogens with zero attached hydrogens (tertiary/aromatic N) is 2. The van der Waals surface area contributed by atoms with Crippen LogP contribution in [0.4, 0.5) is 0 Å². The average Bonchev–Trinajstić information content (AvgIpc) is 2.30. The molecular formula is C7H12ClN3. The number of hydrogen-bond acceptors (Lipinski definition) is 2. The van der Waals surface area contributed by atoms with Gasteiger partial charge in [-0.25, -0.2) is 0 Å². The Morgan fingerprint density at radius 1 is 1.82 bits per heavy atom. The highest BCUT2D eigenvalue weighted by atomic mass is 35.5. The normalized spacial score (nSPS) is 13.5. The molecule has 1 heterocycles. The second-order valence-electron chi connectivity index (χ2n) is 2.64. The standard InChI is InChI=1S/C7H12ClN3/c1-5(3-9)7-6(8)4-10-11(7)2/h4-5H,3,9H2,1-2H3. The molecule has 0 saturated carbocycles. The summed E-state index contributed by atoms with van der Waals surface area (Å²) in [5.41, 5.74) is 6.51. The zero-order chi connectivity index (χ0) is 8.43. The van der Waals surface area contributed by atoms with E-state index in [-0.39, 0.29) is 5.92 Å². The summed E-state index contributed by atoms with van der Waals surface area (Å²) in [4.78, 5) is 0. The van der Waals surface area contributed by atoms with Gasteiger partial charge in [-0.1, -0.05) is 18.5 Å². The first-order valence-electron chi connectivity index (χ1n) is 3.54. The van der Waals surface area contributed by atoms with E-state index in [0.717, 1.165) is 5.69 Å². The van der Waals surface area contributed by atoms with Gasteiger partial charge >= 0.3 is 0 Å². The van der Waals surface area contributed by atoms with Crippen LogP contribution in [-0.4, -0.2) is 16.3 Å². The molecule has 2 N–H and O–H groups in total. The van der Waals surface area contributed by atoms with Crippen LogP contribution >= 0.6 is 11.6 Å². The van der Waals surface area contributed by atoms with Crippen molar-refractivity contribution in [1.29, 1.82) is 0 Å². The third-order valence-electron chi connectivity index (χ3n) is 1.76. The first-order valence-corrected chi connectivity index (χ1v) is 3.92. The first kappa shape index (κ1) is 8.56. The number of aryl methyl sites for hydroxylation is 1. The van der Waals surface area contributed by atoms with Crippen LogP contribution in [0.25, 0.3) is 0 Å². The second-order valence-corrected chi connectivity index (χ2v) is 3.05. The van der Waals surface area contributed by atoms with Gasteiger partial charge in [-0.3, -0.25) is 4.68 Å². The van der Waals surface area contributed by atoms with Crippen LogP contribution in [-0.2, 0) is 7.05 Å². The van der Waals surface area contributed by atoms with E-state index in [1.807, 2.05) is 14.0 Å². The molecule has 0 saturated heterocycles. The SMILES string of the molecule is CC(CN)c1c(Cl)cnn1C. The van der Waals surface area contributed by atoms with Gasteiger partial charge in [0.15, 0.2) is 0 Å². The summed E-state index contributed by atoms with van der Waals surface area (Å²) in [6.45, 7) is 2.63. The van der Waals surface area contributed by atoms with Crippen LogP contribution in [0.5, 0.6) is 0 Å². The molecule has 4 heteroatoms. The van der Waals surface area contributed by atoms with Gasteiger partial charge in [0.2, 0.25) is 0 Å². The Bertz CT molecular complexity index is 224. The molecule has 62 valence electrons. The van der Waals surface area contributed by atoms with Gasteiger partial charge in [0.25, 0.3) is 0 Å². The molecule has 1 unspecified atom stereocenters. The minimum absolute atomic E-state index is 0.273. The highest BCUT2D eigenvalue weighted by Crippen LogP contribution is 2.21. The Hall–Kier alpha value is -0.540. The van der Waals surface area contributed by atoms with Crippen molar-refractivity contribution < 1.29 is 0 Å². The van der Waals surface area contributed by atoms with E-state index in [4.69, 9.17) is 17.3 Å². The van der Waals surface area contributed by atoms with Crippen molar-refractivity contribution >= 4 is 11.6 Å². The van der Waals surface area contributed by atoms with E-state index in [1.54, 1.807) is 10.9 Å².